The summed E-state index contributed by atoms with van der Waals surface area (Å²) in [6.07, 6.45) is 1.96. The van der Waals surface area contributed by atoms with Gasteiger partial charge in [0.2, 0.25) is 5.91 Å². The Morgan fingerprint density at radius 1 is 1.27 bits per heavy atom. The highest BCUT2D eigenvalue weighted by Gasteiger charge is 2.12. The number of aromatic nitrogens is 2. The van der Waals surface area contributed by atoms with Crippen LogP contribution in [0.15, 0.2) is 28.2 Å². The van der Waals surface area contributed by atoms with E-state index in [1.54, 1.807) is 6.92 Å². The Bertz CT molecular complexity index is 811. The van der Waals surface area contributed by atoms with Gasteiger partial charge >= 0.3 is 0 Å². The lowest BCUT2D eigenvalue weighted by Gasteiger charge is -2.14. The zero-order chi connectivity index (χ0) is 19.1. The molecule has 1 aromatic heterocycles. The van der Waals surface area contributed by atoms with Gasteiger partial charge in [0.25, 0.3) is 5.56 Å². The highest BCUT2D eigenvalue weighted by Crippen LogP contribution is 2.23. The largest absolute Gasteiger partial charge is 0.396 e. The molecule has 0 atom stereocenters. The van der Waals surface area contributed by atoms with Gasteiger partial charge in [-0.15, -0.1) is 0 Å². The molecule has 0 bridgehead atoms. The van der Waals surface area contributed by atoms with Gasteiger partial charge < -0.3 is 15.4 Å². The molecule has 0 radical (unpaired) electrons. The van der Waals surface area contributed by atoms with E-state index in [-0.39, 0.29) is 30.2 Å². The number of nitrogens with zero attached hydrogens (tertiary/aromatic N) is 1. The number of carbonyl (C=O) groups is 1. The summed E-state index contributed by atoms with van der Waals surface area (Å²) in [6, 6.07) is 6.04. The summed E-state index contributed by atoms with van der Waals surface area (Å²) in [4.78, 5) is 31.4. The van der Waals surface area contributed by atoms with Gasteiger partial charge in [-0.05, 0) is 30.9 Å². The molecule has 0 aliphatic rings. The van der Waals surface area contributed by atoms with Gasteiger partial charge in [-0.2, -0.15) is 0 Å². The number of nitrogens with one attached hydrogen (secondary N) is 2. The van der Waals surface area contributed by atoms with E-state index in [1.165, 1.54) is 11.8 Å². The normalized spacial score (nSPS) is 10.8. The van der Waals surface area contributed by atoms with Crippen molar-refractivity contribution in [3.63, 3.8) is 0 Å². The average Bonchev–Trinajstić information content (AvgIpc) is 2.63. The minimum Gasteiger partial charge on any atom is -0.396 e. The van der Waals surface area contributed by atoms with Crippen LogP contribution >= 0.6 is 11.8 Å². The van der Waals surface area contributed by atoms with Crippen LogP contribution in [0.3, 0.4) is 0 Å². The van der Waals surface area contributed by atoms with E-state index in [0.717, 1.165) is 29.7 Å². The van der Waals surface area contributed by atoms with Crippen LogP contribution < -0.4 is 10.9 Å². The van der Waals surface area contributed by atoms with Crippen LogP contribution in [0.2, 0.25) is 0 Å². The molecule has 1 amide bonds. The summed E-state index contributed by atoms with van der Waals surface area (Å²) in [5.41, 5.74) is 3.90. The third kappa shape index (κ3) is 4.95. The monoisotopic (exact) mass is 375 g/mol. The molecule has 1 heterocycles. The predicted molar refractivity (Wildman–Crippen MR) is 105 cm³/mol. The first kappa shape index (κ1) is 20.2. The summed E-state index contributed by atoms with van der Waals surface area (Å²) >= 11 is 1.19. The Hall–Kier alpha value is -2.12. The van der Waals surface area contributed by atoms with Crippen molar-refractivity contribution < 1.29 is 9.90 Å². The molecule has 0 saturated heterocycles. The lowest BCUT2D eigenvalue weighted by Crippen LogP contribution is -2.20. The Morgan fingerprint density at radius 2 is 1.92 bits per heavy atom. The average molecular weight is 375 g/mol. The van der Waals surface area contributed by atoms with Crippen LogP contribution in [0.4, 0.5) is 5.69 Å². The number of amides is 1. The predicted octanol–water partition coefficient (Wildman–Crippen LogP) is 2.47. The lowest BCUT2D eigenvalue weighted by molar-refractivity contribution is -0.113. The van der Waals surface area contributed by atoms with E-state index in [4.69, 9.17) is 5.11 Å². The molecule has 2 aromatic rings. The summed E-state index contributed by atoms with van der Waals surface area (Å²) < 4.78 is 0. The van der Waals surface area contributed by atoms with Crippen molar-refractivity contribution >= 4 is 23.4 Å². The third-order valence-electron chi connectivity index (χ3n) is 4.17. The standard InChI is InChI=1S/C19H25N3O3S/c1-4-13-7-6-8-14(5-2)17(13)21-16(24)11-26-19-20-12(3)15(9-10-23)18(25)22-19/h6-8,23H,4-5,9-11H2,1-3H3,(H,21,24)(H,20,22,25). The SMILES string of the molecule is CCc1cccc(CC)c1NC(=O)CSc1nc(C)c(CCO)c(=O)[nH]1. The molecule has 0 saturated carbocycles. The van der Waals surface area contributed by atoms with E-state index in [0.29, 0.717) is 16.4 Å². The van der Waals surface area contributed by atoms with Crippen molar-refractivity contribution in [1.29, 1.82) is 0 Å². The Labute approximate surface area is 157 Å². The van der Waals surface area contributed by atoms with Gasteiger partial charge in [0.1, 0.15) is 0 Å². The van der Waals surface area contributed by atoms with Crippen LogP contribution in [-0.4, -0.2) is 33.3 Å². The number of rotatable bonds is 8. The van der Waals surface area contributed by atoms with Gasteiger partial charge in [0.05, 0.1) is 5.75 Å². The fourth-order valence-electron chi connectivity index (χ4n) is 2.77. The molecule has 2 rings (SSSR count). The molecule has 0 spiro atoms. The number of thioether (sulfide) groups is 1. The fourth-order valence-corrected chi connectivity index (χ4v) is 3.48. The van der Waals surface area contributed by atoms with E-state index >= 15 is 0 Å². The Morgan fingerprint density at radius 3 is 2.46 bits per heavy atom. The topological polar surface area (TPSA) is 95.1 Å². The van der Waals surface area contributed by atoms with Gasteiger partial charge in [-0.1, -0.05) is 43.8 Å². The zero-order valence-electron chi connectivity index (χ0n) is 15.4. The third-order valence-corrected chi connectivity index (χ3v) is 5.04. The molecule has 3 N–H and O–H groups in total. The molecular formula is C19H25N3O3S. The minimum atomic E-state index is -0.265. The molecule has 6 nitrogen and oxygen atoms in total. The van der Waals surface area contributed by atoms with Crippen molar-refractivity contribution in [2.24, 2.45) is 0 Å². The maximum absolute atomic E-state index is 12.4. The molecule has 140 valence electrons. The number of para-hydroxylation sites is 1. The number of H-pyrrole nitrogens is 1. The summed E-state index contributed by atoms with van der Waals surface area (Å²) in [5.74, 6) is 0.0217. The second kappa shape index (κ2) is 9.54. The number of aliphatic hydroxyl groups excluding tert-OH is 1. The molecule has 0 unspecified atom stereocenters. The smallest absolute Gasteiger partial charge is 0.255 e. The summed E-state index contributed by atoms with van der Waals surface area (Å²) in [7, 11) is 0. The van der Waals surface area contributed by atoms with Crippen LogP contribution in [0.1, 0.15) is 36.2 Å². The molecule has 26 heavy (non-hydrogen) atoms. The molecule has 7 heteroatoms. The highest BCUT2D eigenvalue weighted by atomic mass is 32.2. The Balaban J connectivity index is 2.07. The molecule has 1 aromatic carbocycles. The number of hydrogen-bond donors (Lipinski definition) is 3. The summed E-state index contributed by atoms with van der Waals surface area (Å²) in [5, 5.41) is 12.4. The number of aliphatic hydroxyl groups is 1. The van der Waals surface area contributed by atoms with Crippen LogP contribution in [0.5, 0.6) is 0 Å². The lowest BCUT2D eigenvalue weighted by atomic mass is 10.0. The molecule has 0 fully saturated rings. The van der Waals surface area contributed by atoms with Crippen molar-refractivity contribution in [2.75, 3.05) is 17.7 Å². The van der Waals surface area contributed by atoms with E-state index in [1.807, 2.05) is 18.2 Å². The number of aromatic amines is 1. The maximum Gasteiger partial charge on any atom is 0.255 e. The van der Waals surface area contributed by atoms with Crippen molar-refractivity contribution in [1.82, 2.24) is 9.97 Å². The van der Waals surface area contributed by atoms with Gasteiger partial charge in [0.15, 0.2) is 5.16 Å². The van der Waals surface area contributed by atoms with Crippen molar-refractivity contribution in [3.8, 4) is 0 Å². The van der Waals surface area contributed by atoms with E-state index in [9.17, 15) is 9.59 Å². The zero-order valence-corrected chi connectivity index (χ0v) is 16.2. The van der Waals surface area contributed by atoms with Crippen LogP contribution in [0, 0.1) is 6.92 Å². The Kier molecular flexibility index (Phi) is 7.41. The molecular weight excluding hydrogens is 350 g/mol. The second-order valence-electron chi connectivity index (χ2n) is 5.90. The first-order chi connectivity index (χ1) is 12.5. The highest BCUT2D eigenvalue weighted by molar-refractivity contribution is 7.99. The number of benzene rings is 1. The number of aryl methyl sites for hydroxylation is 3. The minimum absolute atomic E-state index is 0.100. The number of anilines is 1. The van der Waals surface area contributed by atoms with Crippen molar-refractivity contribution in [3.05, 3.63) is 50.9 Å². The van der Waals surface area contributed by atoms with Crippen LogP contribution in [0.25, 0.3) is 0 Å². The second-order valence-corrected chi connectivity index (χ2v) is 6.87. The van der Waals surface area contributed by atoms with Gasteiger partial charge in [0, 0.05) is 30.0 Å². The van der Waals surface area contributed by atoms with Gasteiger partial charge in [-0.3, -0.25) is 9.59 Å². The van der Waals surface area contributed by atoms with E-state index in [2.05, 4.69) is 29.1 Å². The summed E-state index contributed by atoms with van der Waals surface area (Å²) in [6.45, 7) is 5.75. The first-order valence-corrected chi connectivity index (χ1v) is 9.72. The molecule has 0 aliphatic heterocycles. The fraction of sp³-hybridized carbons (Fsp3) is 0.421. The number of hydrogen-bond acceptors (Lipinski definition) is 5. The maximum atomic E-state index is 12.4. The van der Waals surface area contributed by atoms with Crippen molar-refractivity contribution in [2.45, 2.75) is 45.2 Å². The van der Waals surface area contributed by atoms with Crippen LogP contribution in [-0.2, 0) is 24.1 Å². The van der Waals surface area contributed by atoms with E-state index < -0.39 is 0 Å². The van der Waals surface area contributed by atoms with Gasteiger partial charge in [-0.25, -0.2) is 4.98 Å². The molecule has 0 aliphatic carbocycles. The quantitative estimate of drug-likeness (QED) is 0.487. The number of carbonyl (C=O) groups excluding carboxylic acids is 1. The first-order valence-electron chi connectivity index (χ1n) is 8.74.